The van der Waals surface area contributed by atoms with Gasteiger partial charge < -0.3 is 13.9 Å². The Kier molecular flexibility index (Phi) is 4.71. The highest BCUT2D eigenvalue weighted by atomic mass is 28.4. The van der Waals surface area contributed by atoms with Crippen LogP contribution in [0.2, 0.25) is 18.1 Å². The van der Waals surface area contributed by atoms with Gasteiger partial charge in [0.25, 0.3) is 0 Å². The van der Waals surface area contributed by atoms with Crippen LogP contribution in [0.3, 0.4) is 0 Å². The van der Waals surface area contributed by atoms with Gasteiger partial charge in [-0.3, -0.25) is 0 Å². The summed E-state index contributed by atoms with van der Waals surface area (Å²) in [5.74, 6) is 0.825. The molecule has 0 spiro atoms. The van der Waals surface area contributed by atoms with Gasteiger partial charge in [0.1, 0.15) is 0 Å². The van der Waals surface area contributed by atoms with Crippen LogP contribution in [0, 0.1) is 11.8 Å². The Bertz CT molecular complexity index is 445. The smallest absolute Gasteiger partial charge is 0.205 e. The Morgan fingerprint density at radius 2 is 2.00 bits per heavy atom. The van der Waals surface area contributed by atoms with Crippen LogP contribution in [0.1, 0.15) is 34.1 Å². The zero-order valence-electron chi connectivity index (χ0n) is 14.5. The highest BCUT2D eigenvalue weighted by molar-refractivity contribution is 6.74. The zero-order valence-corrected chi connectivity index (χ0v) is 15.5. The molecule has 3 atom stereocenters. The maximum atomic E-state index is 6.39. The van der Waals surface area contributed by atoms with Gasteiger partial charge in [0, 0.05) is 7.11 Å². The molecule has 4 heteroatoms. The predicted octanol–water partition coefficient (Wildman–Crippen LogP) is 4.48. The fraction of sp³-hybridized carbons (Fsp3) is 0.765. The monoisotopic (exact) mass is 310 g/mol. The summed E-state index contributed by atoms with van der Waals surface area (Å²) in [5, 5.41) is 0.241. The summed E-state index contributed by atoms with van der Waals surface area (Å²) in [5.41, 5.74) is 2.66. The lowest BCUT2D eigenvalue weighted by molar-refractivity contribution is -0.129. The summed E-state index contributed by atoms with van der Waals surface area (Å²) < 4.78 is 17.6. The molecule has 1 heterocycles. The third-order valence-corrected chi connectivity index (χ3v) is 9.88. The Labute approximate surface area is 130 Å². The van der Waals surface area contributed by atoms with E-state index in [0.717, 1.165) is 6.42 Å². The molecular formula is C17H30O3Si. The van der Waals surface area contributed by atoms with E-state index in [9.17, 15) is 0 Å². The van der Waals surface area contributed by atoms with E-state index in [1.807, 2.05) is 6.26 Å². The van der Waals surface area contributed by atoms with Gasteiger partial charge in [0.05, 0.1) is 18.8 Å². The van der Waals surface area contributed by atoms with Crippen molar-refractivity contribution >= 4 is 8.32 Å². The predicted molar refractivity (Wildman–Crippen MR) is 88.5 cm³/mol. The molecule has 0 radical (unpaired) electrons. The number of fused-ring (bicyclic) bond motifs is 1. The van der Waals surface area contributed by atoms with Crippen molar-refractivity contribution in [3.63, 3.8) is 0 Å². The second-order valence-electron chi connectivity index (χ2n) is 7.80. The number of hydrogen-bond donors (Lipinski definition) is 0. The maximum Gasteiger partial charge on any atom is 0.205 e. The quantitative estimate of drug-likeness (QED) is 0.566. The Hall–Kier alpha value is -0.583. The molecule has 2 rings (SSSR count). The van der Waals surface area contributed by atoms with Crippen LogP contribution < -0.4 is 0 Å². The molecule has 120 valence electrons. The van der Waals surface area contributed by atoms with Gasteiger partial charge in [-0.2, -0.15) is 0 Å². The molecule has 1 aliphatic carbocycles. The lowest BCUT2D eigenvalue weighted by Crippen LogP contribution is -2.42. The van der Waals surface area contributed by atoms with Crippen molar-refractivity contribution in [1.82, 2.24) is 0 Å². The minimum absolute atomic E-state index is 0.171. The minimum atomic E-state index is -1.72. The fourth-order valence-electron chi connectivity index (χ4n) is 2.84. The van der Waals surface area contributed by atoms with E-state index in [0.29, 0.717) is 18.4 Å². The van der Waals surface area contributed by atoms with Crippen LogP contribution in [0.25, 0.3) is 0 Å². The Morgan fingerprint density at radius 3 is 2.57 bits per heavy atom. The number of methoxy groups -OCH3 is 1. The summed E-state index contributed by atoms with van der Waals surface area (Å²) in [6.07, 6.45) is 5.10. The molecule has 0 fully saturated rings. The van der Waals surface area contributed by atoms with Crippen molar-refractivity contribution in [3.8, 4) is 0 Å². The third kappa shape index (κ3) is 3.27. The molecule has 0 saturated carbocycles. The van der Waals surface area contributed by atoms with E-state index in [-0.39, 0.29) is 11.3 Å². The summed E-state index contributed by atoms with van der Waals surface area (Å²) in [6, 6.07) is 0. The van der Waals surface area contributed by atoms with E-state index in [1.54, 1.807) is 7.11 Å². The van der Waals surface area contributed by atoms with E-state index >= 15 is 0 Å². The molecule has 0 aromatic rings. The zero-order chi connectivity index (χ0) is 15.8. The van der Waals surface area contributed by atoms with Crippen LogP contribution in [0.5, 0.6) is 0 Å². The van der Waals surface area contributed by atoms with E-state index in [2.05, 4.69) is 46.9 Å². The van der Waals surface area contributed by atoms with E-state index in [4.69, 9.17) is 13.9 Å². The molecule has 0 aromatic heterocycles. The molecule has 2 aliphatic rings. The van der Waals surface area contributed by atoms with Crippen LogP contribution >= 0.6 is 0 Å². The SMILES string of the molecule is COC1OC=C(C)C2CC=C(CO[Si](C)(C)C(C)(C)C)C12. The minimum Gasteiger partial charge on any atom is -0.472 e. The number of allylic oxidation sites excluding steroid dienone is 2. The molecule has 0 aromatic carbocycles. The highest BCUT2D eigenvalue weighted by Gasteiger charge is 2.43. The molecule has 0 saturated heterocycles. The van der Waals surface area contributed by atoms with E-state index in [1.165, 1.54) is 11.1 Å². The lowest BCUT2D eigenvalue weighted by atomic mass is 9.84. The van der Waals surface area contributed by atoms with E-state index < -0.39 is 8.32 Å². The van der Waals surface area contributed by atoms with Crippen molar-refractivity contribution in [1.29, 1.82) is 0 Å². The fourth-order valence-corrected chi connectivity index (χ4v) is 3.80. The first-order valence-electron chi connectivity index (χ1n) is 7.85. The normalized spacial score (nSPS) is 29.6. The van der Waals surface area contributed by atoms with Gasteiger partial charge in [-0.25, -0.2) is 0 Å². The molecule has 3 unspecified atom stereocenters. The van der Waals surface area contributed by atoms with Crippen molar-refractivity contribution < 1.29 is 13.9 Å². The summed E-state index contributed by atoms with van der Waals surface area (Å²) in [4.78, 5) is 0. The first-order valence-corrected chi connectivity index (χ1v) is 10.8. The topological polar surface area (TPSA) is 27.7 Å². The second kappa shape index (κ2) is 5.90. The molecule has 0 bridgehead atoms. The van der Waals surface area contributed by atoms with Gasteiger partial charge in [-0.15, -0.1) is 0 Å². The molecule has 0 amide bonds. The van der Waals surface area contributed by atoms with Crippen LogP contribution in [0.4, 0.5) is 0 Å². The lowest BCUT2D eigenvalue weighted by Gasteiger charge is -2.38. The van der Waals surface area contributed by atoms with Crippen molar-refractivity contribution in [3.05, 3.63) is 23.5 Å². The number of rotatable bonds is 4. The van der Waals surface area contributed by atoms with Crippen molar-refractivity contribution in [2.45, 2.75) is 58.5 Å². The summed E-state index contributed by atoms with van der Waals surface area (Å²) in [6.45, 7) is 14.3. The standard InChI is InChI=1S/C17H30O3Si/c1-12-10-19-16(18-5)15-13(8-9-14(12)15)11-20-21(6,7)17(2,3)4/h8,10,14-16H,9,11H2,1-7H3. The van der Waals surface area contributed by atoms with Gasteiger partial charge in [-0.1, -0.05) is 26.8 Å². The van der Waals surface area contributed by atoms with Crippen LogP contribution in [-0.2, 0) is 13.9 Å². The maximum absolute atomic E-state index is 6.39. The number of hydrogen-bond acceptors (Lipinski definition) is 3. The molecule has 0 N–H and O–H groups in total. The Morgan fingerprint density at radius 1 is 1.33 bits per heavy atom. The molecular weight excluding hydrogens is 280 g/mol. The summed E-state index contributed by atoms with van der Waals surface area (Å²) >= 11 is 0. The molecule has 1 aliphatic heterocycles. The van der Waals surface area contributed by atoms with Gasteiger partial charge >= 0.3 is 0 Å². The first kappa shape index (κ1) is 16.8. The highest BCUT2D eigenvalue weighted by Crippen LogP contribution is 2.44. The first-order chi connectivity index (χ1) is 9.67. The second-order valence-corrected chi connectivity index (χ2v) is 12.6. The molecule has 21 heavy (non-hydrogen) atoms. The average Bonchev–Trinajstić information content (AvgIpc) is 2.81. The number of ether oxygens (including phenoxy) is 2. The largest absolute Gasteiger partial charge is 0.472 e. The van der Waals surface area contributed by atoms with Crippen LogP contribution in [0.15, 0.2) is 23.5 Å². The van der Waals surface area contributed by atoms with Gasteiger partial charge in [-0.05, 0) is 48.5 Å². The van der Waals surface area contributed by atoms with Crippen molar-refractivity contribution in [2.24, 2.45) is 11.8 Å². The Balaban J connectivity index is 2.07. The third-order valence-electron chi connectivity index (χ3n) is 5.40. The van der Waals surface area contributed by atoms with Gasteiger partial charge in [0.15, 0.2) is 8.32 Å². The molecule has 3 nitrogen and oxygen atoms in total. The average molecular weight is 311 g/mol. The van der Waals surface area contributed by atoms with Crippen molar-refractivity contribution in [2.75, 3.05) is 13.7 Å². The van der Waals surface area contributed by atoms with Gasteiger partial charge in [0.2, 0.25) is 6.29 Å². The van der Waals surface area contributed by atoms with Crippen LogP contribution in [-0.4, -0.2) is 28.3 Å². The summed E-state index contributed by atoms with van der Waals surface area (Å²) in [7, 11) is 0.00781.